The highest BCUT2D eigenvalue weighted by molar-refractivity contribution is 5.03. The van der Waals surface area contributed by atoms with E-state index in [1.165, 1.54) is 0 Å². The van der Waals surface area contributed by atoms with Gasteiger partial charge in [-0.15, -0.1) is 0 Å². The van der Waals surface area contributed by atoms with Crippen LogP contribution in [0.3, 0.4) is 0 Å². The van der Waals surface area contributed by atoms with Crippen LogP contribution in [0.2, 0.25) is 0 Å². The largest absolute Gasteiger partial charge is 0.467 e. The Morgan fingerprint density at radius 1 is 1.45 bits per heavy atom. The van der Waals surface area contributed by atoms with Crippen molar-refractivity contribution in [2.24, 2.45) is 0 Å². The van der Waals surface area contributed by atoms with Gasteiger partial charge >= 0.3 is 0 Å². The zero-order valence-electron chi connectivity index (χ0n) is 6.06. The van der Waals surface area contributed by atoms with Crippen LogP contribution in [0.15, 0.2) is 22.8 Å². The Bertz CT molecular complexity index is 217. The summed E-state index contributed by atoms with van der Waals surface area (Å²) in [5, 5.41) is 9.03. The summed E-state index contributed by atoms with van der Waals surface area (Å²) in [5.74, 6) is 0.807. The van der Waals surface area contributed by atoms with E-state index >= 15 is 0 Å². The van der Waals surface area contributed by atoms with Crippen molar-refractivity contribution in [3.8, 4) is 0 Å². The predicted octanol–water partition coefficient (Wildman–Crippen LogP) is 1.45. The highest BCUT2D eigenvalue weighted by Gasteiger charge is 2.26. The summed E-state index contributed by atoms with van der Waals surface area (Å²) in [6.45, 7) is 0. The van der Waals surface area contributed by atoms with Crippen LogP contribution in [0.1, 0.15) is 24.7 Å². The van der Waals surface area contributed by atoms with Crippen molar-refractivity contribution in [2.75, 3.05) is 0 Å². The topological polar surface area (TPSA) is 42.6 Å². The highest BCUT2D eigenvalue weighted by atomic mass is 16.6. The molecule has 1 aliphatic rings. The van der Waals surface area contributed by atoms with E-state index in [1.807, 2.05) is 12.1 Å². The van der Waals surface area contributed by atoms with Crippen molar-refractivity contribution in [2.45, 2.75) is 25.2 Å². The Hall–Kier alpha value is -0.800. The minimum absolute atomic E-state index is 0.0417. The molecule has 2 atom stereocenters. The van der Waals surface area contributed by atoms with E-state index < -0.39 is 6.29 Å². The zero-order valence-corrected chi connectivity index (χ0v) is 6.06. The SMILES string of the molecule is OC1CCC(c2ccco2)O1. The first-order valence-corrected chi connectivity index (χ1v) is 3.73. The van der Waals surface area contributed by atoms with Gasteiger partial charge in [0.05, 0.1) is 6.26 Å². The maximum Gasteiger partial charge on any atom is 0.155 e. The first kappa shape index (κ1) is 6.88. The van der Waals surface area contributed by atoms with Crippen molar-refractivity contribution in [1.29, 1.82) is 0 Å². The molecule has 60 valence electrons. The Labute approximate surface area is 64.6 Å². The summed E-state index contributed by atoms with van der Waals surface area (Å²) in [6, 6.07) is 3.69. The number of ether oxygens (including phenoxy) is 1. The lowest BCUT2D eigenvalue weighted by molar-refractivity contribution is -0.0961. The molecule has 3 heteroatoms. The van der Waals surface area contributed by atoms with E-state index in [1.54, 1.807) is 6.26 Å². The van der Waals surface area contributed by atoms with Crippen LogP contribution in [-0.2, 0) is 4.74 Å². The molecule has 2 unspecified atom stereocenters. The zero-order chi connectivity index (χ0) is 7.68. The Morgan fingerprint density at radius 2 is 2.36 bits per heavy atom. The lowest BCUT2D eigenvalue weighted by Gasteiger charge is -2.05. The van der Waals surface area contributed by atoms with E-state index in [-0.39, 0.29) is 6.10 Å². The van der Waals surface area contributed by atoms with E-state index in [9.17, 15) is 0 Å². The molecule has 1 saturated heterocycles. The molecule has 0 radical (unpaired) electrons. The van der Waals surface area contributed by atoms with Crippen LogP contribution < -0.4 is 0 Å². The molecule has 1 fully saturated rings. The summed E-state index contributed by atoms with van der Waals surface area (Å²) in [7, 11) is 0. The molecule has 1 N–H and O–H groups in total. The number of rotatable bonds is 1. The molecule has 0 aliphatic carbocycles. The normalized spacial score (nSPS) is 31.0. The Kier molecular flexibility index (Phi) is 1.68. The molecule has 2 heterocycles. The summed E-state index contributed by atoms with van der Waals surface area (Å²) in [4.78, 5) is 0. The molecule has 1 aliphatic heterocycles. The van der Waals surface area contributed by atoms with Crippen LogP contribution in [0, 0.1) is 0 Å². The molecule has 0 bridgehead atoms. The average Bonchev–Trinajstić information content (AvgIpc) is 2.55. The third-order valence-corrected chi connectivity index (χ3v) is 1.86. The summed E-state index contributed by atoms with van der Waals surface area (Å²) in [5.41, 5.74) is 0. The van der Waals surface area contributed by atoms with Crippen LogP contribution in [-0.4, -0.2) is 11.4 Å². The second kappa shape index (κ2) is 2.68. The summed E-state index contributed by atoms with van der Waals surface area (Å²) < 4.78 is 10.3. The molecule has 0 saturated carbocycles. The van der Waals surface area contributed by atoms with Gasteiger partial charge in [0.2, 0.25) is 0 Å². The fraction of sp³-hybridized carbons (Fsp3) is 0.500. The van der Waals surface area contributed by atoms with E-state index in [2.05, 4.69) is 0 Å². The van der Waals surface area contributed by atoms with Gasteiger partial charge in [-0.1, -0.05) is 0 Å². The van der Waals surface area contributed by atoms with E-state index in [0.717, 1.165) is 12.2 Å². The van der Waals surface area contributed by atoms with Crippen molar-refractivity contribution in [1.82, 2.24) is 0 Å². The third kappa shape index (κ3) is 1.29. The molecule has 11 heavy (non-hydrogen) atoms. The van der Waals surface area contributed by atoms with Gasteiger partial charge in [0.15, 0.2) is 6.29 Å². The number of aliphatic hydroxyl groups is 1. The Balaban J connectivity index is 2.08. The molecule has 2 rings (SSSR count). The maximum absolute atomic E-state index is 9.03. The third-order valence-electron chi connectivity index (χ3n) is 1.86. The molecular weight excluding hydrogens is 144 g/mol. The first-order valence-electron chi connectivity index (χ1n) is 3.73. The first-order chi connectivity index (χ1) is 5.36. The minimum atomic E-state index is -0.606. The number of hydrogen-bond acceptors (Lipinski definition) is 3. The average molecular weight is 154 g/mol. The van der Waals surface area contributed by atoms with Crippen LogP contribution in [0.4, 0.5) is 0 Å². The minimum Gasteiger partial charge on any atom is -0.467 e. The van der Waals surface area contributed by atoms with Gasteiger partial charge < -0.3 is 14.3 Å². The quantitative estimate of drug-likeness (QED) is 0.665. The van der Waals surface area contributed by atoms with Gasteiger partial charge in [0.25, 0.3) is 0 Å². The standard InChI is InChI=1S/C8H10O3/c9-8-4-3-7(11-8)6-2-1-5-10-6/h1-2,5,7-9H,3-4H2. The second-order valence-electron chi connectivity index (χ2n) is 2.67. The molecule has 0 spiro atoms. The van der Waals surface area contributed by atoms with Crippen molar-refractivity contribution < 1.29 is 14.3 Å². The highest BCUT2D eigenvalue weighted by Crippen LogP contribution is 2.31. The molecule has 3 nitrogen and oxygen atoms in total. The van der Waals surface area contributed by atoms with Crippen molar-refractivity contribution >= 4 is 0 Å². The smallest absolute Gasteiger partial charge is 0.155 e. The van der Waals surface area contributed by atoms with Gasteiger partial charge in [0, 0.05) is 6.42 Å². The monoisotopic (exact) mass is 154 g/mol. The maximum atomic E-state index is 9.03. The van der Waals surface area contributed by atoms with Crippen LogP contribution in [0.25, 0.3) is 0 Å². The number of furan rings is 1. The Morgan fingerprint density at radius 3 is 2.91 bits per heavy atom. The van der Waals surface area contributed by atoms with Crippen molar-refractivity contribution in [3.05, 3.63) is 24.2 Å². The molecule has 0 aromatic carbocycles. The fourth-order valence-electron chi connectivity index (χ4n) is 1.30. The summed E-state index contributed by atoms with van der Waals surface area (Å²) in [6.07, 6.45) is 2.51. The molecule has 1 aromatic heterocycles. The lowest BCUT2D eigenvalue weighted by atomic mass is 10.2. The van der Waals surface area contributed by atoms with Gasteiger partial charge in [-0.05, 0) is 18.6 Å². The van der Waals surface area contributed by atoms with Crippen LogP contribution in [0.5, 0.6) is 0 Å². The molecule has 1 aromatic rings. The fourth-order valence-corrected chi connectivity index (χ4v) is 1.30. The summed E-state index contributed by atoms with van der Waals surface area (Å²) >= 11 is 0. The van der Waals surface area contributed by atoms with E-state index in [0.29, 0.717) is 6.42 Å². The van der Waals surface area contributed by atoms with E-state index in [4.69, 9.17) is 14.3 Å². The lowest BCUT2D eigenvalue weighted by Crippen LogP contribution is -2.03. The molecular formula is C8H10O3. The van der Waals surface area contributed by atoms with Gasteiger partial charge in [0.1, 0.15) is 11.9 Å². The molecule has 0 amide bonds. The van der Waals surface area contributed by atoms with Gasteiger partial charge in [-0.3, -0.25) is 0 Å². The number of aliphatic hydroxyl groups excluding tert-OH is 1. The van der Waals surface area contributed by atoms with Crippen LogP contribution >= 0.6 is 0 Å². The van der Waals surface area contributed by atoms with Gasteiger partial charge in [-0.25, -0.2) is 0 Å². The predicted molar refractivity (Wildman–Crippen MR) is 37.8 cm³/mol. The second-order valence-corrected chi connectivity index (χ2v) is 2.67. The number of hydrogen-bond donors (Lipinski definition) is 1. The van der Waals surface area contributed by atoms with Crippen molar-refractivity contribution in [3.63, 3.8) is 0 Å². The van der Waals surface area contributed by atoms with Gasteiger partial charge in [-0.2, -0.15) is 0 Å².